The van der Waals surface area contributed by atoms with Gasteiger partial charge in [-0.15, -0.1) is 11.8 Å². The number of amides is 1. The summed E-state index contributed by atoms with van der Waals surface area (Å²) in [5.74, 6) is 2.16. The average molecular weight is 507 g/mol. The van der Waals surface area contributed by atoms with Crippen LogP contribution in [0.3, 0.4) is 0 Å². The van der Waals surface area contributed by atoms with Crippen molar-refractivity contribution in [1.82, 2.24) is 19.6 Å². The molecule has 0 N–H and O–H groups in total. The highest BCUT2D eigenvalue weighted by Gasteiger charge is 2.36. The Balaban J connectivity index is 1.31. The van der Waals surface area contributed by atoms with Crippen LogP contribution < -0.4 is 9.47 Å². The zero-order chi connectivity index (χ0) is 24.3. The molecule has 8 nitrogen and oxygen atoms in total. The minimum absolute atomic E-state index is 0.0807. The van der Waals surface area contributed by atoms with Crippen LogP contribution in [0.2, 0.25) is 0 Å². The summed E-state index contributed by atoms with van der Waals surface area (Å²) in [5.41, 5.74) is 3.84. The maximum atomic E-state index is 13.0. The van der Waals surface area contributed by atoms with Crippen LogP contribution >= 0.6 is 11.8 Å². The van der Waals surface area contributed by atoms with Crippen LogP contribution in [0.25, 0.3) is 16.9 Å². The second-order valence-corrected chi connectivity index (χ2v) is 10.2. The van der Waals surface area contributed by atoms with Gasteiger partial charge >= 0.3 is 0 Å². The number of fused-ring (bicyclic) bond motifs is 1. The van der Waals surface area contributed by atoms with Gasteiger partial charge in [-0.2, -0.15) is 5.10 Å². The lowest BCUT2D eigenvalue weighted by Crippen LogP contribution is -2.38. The van der Waals surface area contributed by atoms with Gasteiger partial charge < -0.3 is 19.1 Å². The van der Waals surface area contributed by atoms with Crippen LogP contribution in [0.5, 0.6) is 11.5 Å². The molecule has 36 heavy (non-hydrogen) atoms. The van der Waals surface area contributed by atoms with E-state index in [0.717, 1.165) is 79.8 Å². The Morgan fingerprint density at radius 2 is 1.75 bits per heavy atom. The highest BCUT2D eigenvalue weighted by Crippen LogP contribution is 2.44. The molecule has 0 spiro atoms. The Bertz CT molecular complexity index is 1210. The molecular formula is C27H30N4O4S. The topological polar surface area (TPSA) is 69.1 Å². The molecule has 2 aromatic carbocycles. The number of thioether (sulfide) groups is 1. The number of carbonyl (C=O) groups excluding carboxylic acids is 1. The number of hydrogen-bond donors (Lipinski definition) is 0. The molecule has 2 saturated heterocycles. The molecule has 3 aliphatic heterocycles. The van der Waals surface area contributed by atoms with E-state index in [2.05, 4.69) is 11.1 Å². The van der Waals surface area contributed by atoms with E-state index >= 15 is 0 Å². The van der Waals surface area contributed by atoms with E-state index < -0.39 is 0 Å². The fraction of sp³-hybridized carbons (Fsp3) is 0.407. The highest BCUT2D eigenvalue weighted by molar-refractivity contribution is 8.00. The van der Waals surface area contributed by atoms with Gasteiger partial charge in [0.25, 0.3) is 0 Å². The first kappa shape index (κ1) is 23.4. The molecule has 0 aliphatic carbocycles. The van der Waals surface area contributed by atoms with E-state index in [1.54, 1.807) is 11.8 Å². The molecule has 0 bridgehead atoms. The number of aromatic nitrogens is 2. The van der Waals surface area contributed by atoms with Crippen LogP contribution in [0.4, 0.5) is 0 Å². The average Bonchev–Trinajstić information content (AvgIpc) is 3.53. The maximum Gasteiger partial charge on any atom is 0.233 e. The SMILES string of the molecule is O=C1CSC(c2cn(-c3ccccc3)nc2-c2ccc3c(c2)OCCO3)N1CCCN1CCOCC1. The Hall–Kier alpha value is -3.01. The monoisotopic (exact) mass is 506 g/mol. The number of hydrogen-bond acceptors (Lipinski definition) is 7. The molecule has 0 saturated carbocycles. The molecule has 3 aromatic rings. The summed E-state index contributed by atoms with van der Waals surface area (Å²) in [4.78, 5) is 17.4. The zero-order valence-electron chi connectivity index (χ0n) is 20.2. The molecule has 1 unspecified atom stereocenters. The van der Waals surface area contributed by atoms with Crippen LogP contribution in [0.1, 0.15) is 17.4 Å². The number of carbonyl (C=O) groups is 1. The zero-order valence-corrected chi connectivity index (χ0v) is 21.0. The molecule has 0 radical (unpaired) electrons. The van der Waals surface area contributed by atoms with Crippen molar-refractivity contribution in [2.75, 3.05) is 58.4 Å². The predicted molar refractivity (Wildman–Crippen MR) is 139 cm³/mol. The number of para-hydroxylation sites is 1. The first-order valence-electron chi connectivity index (χ1n) is 12.5. The third kappa shape index (κ3) is 4.83. The normalized spacial score (nSPS) is 20.2. The lowest BCUT2D eigenvalue weighted by atomic mass is 10.1. The molecule has 1 atom stereocenters. The predicted octanol–water partition coefficient (Wildman–Crippen LogP) is 3.61. The van der Waals surface area contributed by atoms with Crippen molar-refractivity contribution in [2.24, 2.45) is 0 Å². The number of morpholine rings is 1. The first-order chi connectivity index (χ1) is 17.8. The molecule has 6 rings (SSSR count). The standard InChI is InChI=1S/C27H30N4O4S/c32-25-19-36-27(30(25)10-4-9-29-11-13-33-14-12-29)22-18-31(21-5-2-1-3-6-21)28-26(22)20-7-8-23-24(17-20)35-16-15-34-23/h1-3,5-8,17-18,27H,4,9-16,19H2. The van der Waals surface area contributed by atoms with Gasteiger partial charge in [0.05, 0.1) is 30.3 Å². The van der Waals surface area contributed by atoms with E-state index in [-0.39, 0.29) is 11.3 Å². The lowest BCUT2D eigenvalue weighted by molar-refractivity contribution is -0.128. The van der Waals surface area contributed by atoms with E-state index in [9.17, 15) is 4.79 Å². The summed E-state index contributed by atoms with van der Waals surface area (Å²) in [7, 11) is 0. The summed E-state index contributed by atoms with van der Waals surface area (Å²) in [6, 6.07) is 16.1. The minimum Gasteiger partial charge on any atom is -0.486 e. The Kier molecular flexibility index (Phi) is 6.85. The van der Waals surface area contributed by atoms with E-state index in [0.29, 0.717) is 19.0 Å². The van der Waals surface area contributed by atoms with Crippen LogP contribution in [-0.2, 0) is 9.53 Å². The number of rotatable bonds is 7. The second-order valence-electron chi connectivity index (χ2n) is 9.13. The van der Waals surface area contributed by atoms with Gasteiger partial charge in [0, 0.05) is 43.5 Å². The molecule has 3 aliphatic rings. The summed E-state index contributed by atoms with van der Waals surface area (Å²) in [6.07, 6.45) is 3.02. The van der Waals surface area contributed by atoms with Gasteiger partial charge in [0.2, 0.25) is 5.91 Å². The van der Waals surface area contributed by atoms with Crippen molar-refractivity contribution in [3.63, 3.8) is 0 Å². The van der Waals surface area contributed by atoms with Gasteiger partial charge in [-0.1, -0.05) is 18.2 Å². The summed E-state index contributed by atoms with van der Waals surface area (Å²) in [6.45, 7) is 6.30. The largest absolute Gasteiger partial charge is 0.486 e. The fourth-order valence-electron chi connectivity index (χ4n) is 4.94. The van der Waals surface area contributed by atoms with Crippen LogP contribution in [0.15, 0.2) is 54.7 Å². The Labute approximate surface area is 215 Å². The van der Waals surface area contributed by atoms with Crippen molar-refractivity contribution in [3.8, 4) is 28.4 Å². The molecule has 1 amide bonds. The first-order valence-corrected chi connectivity index (χ1v) is 13.6. The van der Waals surface area contributed by atoms with Crippen LogP contribution in [-0.4, -0.2) is 83.8 Å². The highest BCUT2D eigenvalue weighted by atomic mass is 32.2. The molecule has 9 heteroatoms. The van der Waals surface area contributed by atoms with Crippen molar-refractivity contribution in [1.29, 1.82) is 0 Å². The number of nitrogens with zero attached hydrogens (tertiary/aromatic N) is 4. The third-order valence-electron chi connectivity index (χ3n) is 6.79. The summed E-state index contributed by atoms with van der Waals surface area (Å²) >= 11 is 1.68. The van der Waals surface area contributed by atoms with Crippen molar-refractivity contribution >= 4 is 17.7 Å². The van der Waals surface area contributed by atoms with Gasteiger partial charge in [-0.05, 0) is 36.8 Å². The third-order valence-corrected chi connectivity index (χ3v) is 8.03. The van der Waals surface area contributed by atoms with Gasteiger partial charge in [0.15, 0.2) is 11.5 Å². The molecule has 4 heterocycles. The van der Waals surface area contributed by atoms with Crippen molar-refractivity contribution in [3.05, 3.63) is 60.3 Å². The number of benzene rings is 2. The summed E-state index contributed by atoms with van der Waals surface area (Å²) in [5, 5.41) is 4.92. The Morgan fingerprint density at radius 3 is 2.58 bits per heavy atom. The summed E-state index contributed by atoms with van der Waals surface area (Å²) < 4.78 is 19.0. The smallest absolute Gasteiger partial charge is 0.233 e. The molecule has 188 valence electrons. The quantitative estimate of drug-likeness (QED) is 0.485. The minimum atomic E-state index is -0.0807. The molecule has 1 aromatic heterocycles. The van der Waals surface area contributed by atoms with Crippen molar-refractivity contribution < 1.29 is 19.0 Å². The second kappa shape index (κ2) is 10.5. The molecule has 2 fully saturated rings. The maximum absolute atomic E-state index is 13.0. The van der Waals surface area contributed by atoms with Crippen LogP contribution in [0, 0.1) is 0 Å². The molecular weight excluding hydrogens is 476 g/mol. The van der Waals surface area contributed by atoms with Gasteiger partial charge in [-0.3, -0.25) is 9.69 Å². The fourth-order valence-corrected chi connectivity index (χ4v) is 6.16. The van der Waals surface area contributed by atoms with Crippen molar-refractivity contribution in [2.45, 2.75) is 11.8 Å². The van der Waals surface area contributed by atoms with E-state index in [4.69, 9.17) is 19.3 Å². The lowest BCUT2D eigenvalue weighted by Gasteiger charge is -2.28. The van der Waals surface area contributed by atoms with Gasteiger partial charge in [0.1, 0.15) is 18.6 Å². The Morgan fingerprint density at radius 1 is 0.944 bits per heavy atom. The van der Waals surface area contributed by atoms with E-state index in [1.165, 1.54) is 0 Å². The van der Waals surface area contributed by atoms with Gasteiger partial charge in [-0.25, -0.2) is 4.68 Å². The number of ether oxygens (including phenoxy) is 3. The van der Waals surface area contributed by atoms with E-state index in [1.807, 2.05) is 58.1 Å².